The van der Waals surface area contributed by atoms with Crippen LogP contribution in [-0.2, 0) is 6.42 Å². The Kier molecular flexibility index (Phi) is 5.36. The van der Waals surface area contributed by atoms with Gasteiger partial charge in [-0.2, -0.15) is 0 Å². The molecule has 1 aromatic carbocycles. The molecular weight excluding hydrogens is 240 g/mol. The smallest absolute Gasteiger partial charge is 0.328 e. The molecule has 0 radical (unpaired) electrons. The van der Waals surface area contributed by atoms with Crippen LogP contribution in [0.15, 0.2) is 18.2 Å². The summed E-state index contributed by atoms with van der Waals surface area (Å²) in [6, 6.07) is 5.48. The minimum absolute atomic E-state index is 0.272. The van der Waals surface area contributed by atoms with Crippen molar-refractivity contribution in [1.29, 1.82) is 5.41 Å². The molecule has 0 saturated carbocycles. The predicted octanol–water partition coefficient (Wildman–Crippen LogP) is 2.38. The molecule has 5 heteroatoms. The minimum atomic E-state index is -0.389. The molecule has 1 aromatic rings. The number of nitrogens with one attached hydrogen (secondary N) is 2. The number of hydrogen-bond donors (Lipinski definition) is 3. The van der Waals surface area contributed by atoms with Crippen molar-refractivity contribution < 1.29 is 4.79 Å². The average Bonchev–Trinajstić information content (AvgIpc) is 2.38. The number of carbonyl (C=O) groups is 1. The van der Waals surface area contributed by atoms with Crippen molar-refractivity contribution >= 4 is 17.7 Å². The molecule has 0 unspecified atom stereocenters. The lowest BCUT2D eigenvalue weighted by Gasteiger charge is -2.25. The van der Waals surface area contributed by atoms with Gasteiger partial charge in [-0.05, 0) is 30.9 Å². The van der Waals surface area contributed by atoms with Crippen molar-refractivity contribution in [2.24, 2.45) is 5.73 Å². The van der Waals surface area contributed by atoms with Gasteiger partial charge in [-0.25, -0.2) is 9.69 Å². The zero-order chi connectivity index (χ0) is 14.4. The van der Waals surface area contributed by atoms with E-state index in [-0.39, 0.29) is 12.0 Å². The fraction of sp³-hybridized carbons (Fsp3) is 0.429. The van der Waals surface area contributed by atoms with Gasteiger partial charge in [0, 0.05) is 7.05 Å². The molecule has 0 aliphatic carbocycles. The van der Waals surface area contributed by atoms with Crippen molar-refractivity contribution in [3.63, 3.8) is 0 Å². The Labute approximate surface area is 114 Å². The Balaban J connectivity index is 3.27. The summed E-state index contributed by atoms with van der Waals surface area (Å²) in [5.74, 6) is -0.272. The Morgan fingerprint density at radius 1 is 1.47 bits per heavy atom. The molecule has 0 heterocycles. The zero-order valence-corrected chi connectivity index (χ0v) is 11.8. The first-order chi connectivity index (χ1) is 9.02. The number of carbonyl (C=O) groups excluding carboxylic acids is 1. The lowest BCUT2D eigenvalue weighted by molar-refractivity contribution is 0.251. The SMILES string of the molecule is CCCCc1cccc(C)c1N(C(=N)N)C(=O)NC. The molecule has 104 valence electrons. The summed E-state index contributed by atoms with van der Waals surface area (Å²) in [6.45, 7) is 4.04. The van der Waals surface area contributed by atoms with Crippen LogP contribution in [0, 0.1) is 12.3 Å². The number of benzene rings is 1. The quantitative estimate of drug-likeness (QED) is 0.575. The first-order valence-corrected chi connectivity index (χ1v) is 6.47. The monoisotopic (exact) mass is 262 g/mol. The third kappa shape index (κ3) is 3.47. The second-order valence-electron chi connectivity index (χ2n) is 4.46. The summed E-state index contributed by atoms with van der Waals surface area (Å²) < 4.78 is 0. The minimum Gasteiger partial charge on any atom is -0.369 e. The number of anilines is 1. The molecule has 4 N–H and O–H groups in total. The third-order valence-electron chi connectivity index (χ3n) is 3.00. The Bertz CT molecular complexity index is 471. The number of nitrogens with zero attached hydrogens (tertiary/aromatic N) is 1. The first kappa shape index (κ1) is 15.0. The fourth-order valence-corrected chi connectivity index (χ4v) is 2.05. The second kappa shape index (κ2) is 6.78. The van der Waals surface area contributed by atoms with Gasteiger partial charge in [0.2, 0.25) is 5.96 Å². The van der Waals surface area contributed by atoms with E-state index in [2.05, 4.69) is 12.2 Å². The van der Waals surface area contributed by atoms with Gasteiger partial charge in [-0.15, -0.1) is 0 Å². The largest absolute Gasteiger partial charge is 0.369 e. The van der Waals surface area contributed by atoms with E-state index in [1.807, 2.05) is 25.1 Å². The Hall–Kier alpha value is -2.04. The summed E-state index contributed by atoms with van der Waals surface area (Å²) in [5.41, 5.74) is 8.26. The zero-order valence-electron chi connectivity index (χ0n) is 11.8. The van der Waals surface area contributed by atoms with E-state index < -0.39 is 0 Å². The lowest BCUT2D eigenvalue weighted by Crippen LogP contribution is -2.46. The van der Waals surface area contributed by atoms with Gasteiger partial charge in [0.15, 0.2) is 0 Å². The van der Waals surface area contributed by atoms with E-state index in [1.54, 1.807) is 0 Å². The molecule has 0 fully saturated rings. The molecular formula is C14H22N4O. The molecule has 0 bridgehead atoms. The van der Waals surface area contributed by atoms with Crippen molar-refractivity contribution in [3.8, 4) is 0 Å². The van der Waals surface area contributed by atoms with Crippen molar-refractivity contribution in [3.05, 3.63) is 29.3 Å². The van der Waals surface area contributed by atoms with Gasteiger partial charge in [0.05, 0.1) is 5.69 Å². The number of hydrogen-bond acceptors (Lipinski definition) is 2. The number of urea groups is 1. The van der Waals surface area contributed by atoms with Crippen molar-refractivity contribution in [2.75, 3.05) is 11.9 Å². The van der Waals surface area contributed by atoms with E-state index in [4.69, 9.17) is 11.1 Å². The maximum atomic E-state index is 11.9. The van der Waals surface area contributed by atoms with Crippen LogP contribution < -0.4 is 16.0 Å². The van der Waals surface area contributed by atoms with E-state index in [9.17, 15) is 4.79 Å². The van der Waals surface area contributed by atoms with Gasteiger partial charge in [-0.3, -0.25) is 5.41 Å². The molecule has 0 aliphatic rings. The summed E-state index contributed by atoms with van der Waals surface area (Å²) in [5, 5.41) is 10.2. The van der Waals surface area contributed by atoms with Crippen LogP contribution in [0.25, 0.3) is 0 Å². The standard InChI is InChI=1S/C14H22N4O/c1-4-5-8-11-9-6-7-10(2)12(11)18(13(15)16)14(19)17-3/h6-7,9H,4-5,8H2,1-3H3,(H3,15,16)(H,17,19). The van der Waals surface area contributed by atoms with E-state index in [1.165, 1.54) is 11.9 Å². The van der Waals surface area contributed by atoms with Crippen LogP contribution >= 0.6 is 0 Å². The summed E-state index contributed by atoms with van der Waals surface area (Å²) in [4.78, 5) is 13.1. The summed E-state index contributed by atoms with van der Waals surface area (Å²) in [7, 11) is 1.53. The van der Waals surface area contributed by atoms with Gasteiger partial charge < -0.3 is 11.1 Å². The second-order valence-corrected chi connectivity index (χ2v) is 4.46. The molecule has 0 aliphatic heterocycles. The Morgan fingerprint density at radius 3 is 2.68 bits per heavy atom. The molecule has 0 saturated heterocycles. The normalized spacial score (nSPS) is 10.1. The average molecular weight is 262 g/mol. The molecule has 19 heavy (non-hydrogen) atoms. The molecule has 0 spiro atoms. The molecule has 2 amide bonds. The number of amides is 2. The van der Waals surface area contributed by atoms with Crippen LogP contribution in [-0.4, -0.2) is 19.0 Å². The van der Waals surface area contributed by atoms with Crippen LogP contribution in [0.1, 0.15) is 30.9 Å². The maximum absolute atomic E-state index is 11.9. The van der Waals surface area contributed by atoms with Gasteiger partial charge in [0.1, 0.15) is 0 Å². The predicted molar refractivity (Wildman–Crippen MR) is 78.6 cm³/mol. The maximum Gasteiger partial charge on any atom is 0.328 e. The number of unbranched alkanes of at least 4 members (excludes halogenated alkanes) is 1. The topological polar surface area (TPSA) is 82.2 Å². The Morgan fingerprint density at radius 2 is 2.16 bits per heavy atom. The number of guanidine groups is 1. The number of nitrogens with two attached hydrogens (primary N) is 1. The van der Waals surface area contributed by atoms with Crippen molar-refractivity contribution in [1.82, 2.24) is 5.32 Å². The lowest BCUT2D eigenvalue weighted by atomic mass is 10.0. The van der Waals surface area contributed by atoms with E-state index in [0.29, 0.717) is 0 Å². The first-order valence-electron chi connectivity index (χ1n) is 6.47. The van der Waals surface area contributed by atoms with Crippen LogP contribution in [0.2, 0.25) is 0 Å². The molecule has 5 nitrogen and oxygen atoms in total. The van der Waals surface area contributed by atoms with Crippen LogP contribution in [0.4, 0.5) is 10.5 Å². The molecule has 1 rings (SSSR count). The molecule has 0 aromatic heterocycles. The molecule has 0 atom stereocenters. The van der Waals surface area contributed by atoms with Gasteiger partial charge in [0.25, 0.3) is 0 Å². The van der Waals surface area contributed by atoms with Crippen LogP contribution in [0.5, 0.6) is 0 Å². The third-order valence-corrected chi connectivity index (χ3v) is 3.00. The highest BCUT2D eigenvalue weighted by molar-refractivity contribution is 6.14. The number of rotatable bonds is 4. The van der Waals surface area contributed by atoms with Crippen LogP contribution in [0.3, 0.4) is 0 Å². The highest BCUT2D eigenvalue weighted by Gasteiger charge is 2.21. The van der Waals surface area contributed by atoms with E-state index in [0.717, 1.165) is 36.1 Å². The number of para-hydroxylation sites is 1. The highest BCUT2D eigenvalue weighted by Crippen LogP contribution is 2.26. The summed E-state index contributed by atoms with van der Waals surface area (Å²) >= 11 is 0. The summed E-state index contributed by atoms with van der Waals surface area (Å²) in [6.07, 6.45) is 2.98. The van der Waals surface area contributed by atoms with E-state index >= 15 is 0 Å². The highest BCUT2D eigenvalue weighted by atomic mass is 16.2. The van der Waals surface area contributed by atoms with Crippen molar-refractivity contribution in [2.45, 2.75) is 33.1 Å². The van der Waals surface area contributed by atoms with Gasteiger partial charge >= 0.3 is 6.03 Å². The number of aryl methyl sites for hydroxylation is 2. The fourth-order valence-electron chi connectivity index (χ4n) is 2.05. The van der Waals surface area contributed by atoms with Gasteiger partial charge in [-0.1, -0.05) is 31.5 Å².